The van der Waals surface area contributed by atoms with Crippen LogP contribution < -0.4 is 4.90 Å². The normalized spacial score (nSPS) is 20.4. The third-order valence-corrected chi connectivity index (χ3v) is 8.55. The lowest BCUT2D eigenvalue weighted by molar-refractivity contribution is 0.231. The Kier molecular flexibility index (Phi) is 4.90. The molecule has 2 aromatic carbocycles. The van der Waals surface area contributed by atoms with E-state index >= 15 is 0 Å². The van der Waals surface area contributed by atoms with Crippen molar-refractivity contribution in [2.24, 2.45) is 0 Å². The molecule has 0 amide bonds. The standard InChI is InChI=1S/C25H31N3O2S/c1-25(2,3)19-10-12-21(13-11-19)31(29,30)28-18-24(22-8-4-5-9-23(22)28)27-16-15-26-14-6-7-20(26)17-27/h4-5,8-13,18,20H,6-7,14-17H2,1-3H3. The largest absolute Gasteiger partial charge is 0.367 e. The van der Waals surface area contributed by atoms with E-state index in [9.17, 15) is 8.42 Å². The molecule has 0 N–H and O–H groups in total. The van der Waals surface area contributed by atoms with Crippen molar-refractivity contribution in [3.05, 3.63) is 60.3 Å². The van der Waals surface area contributed by atoms with E-state index < -0.39 is 10.0 Å². The Morgan fingerprint density at radius 3 is 2.42 bits per heavy atom. The Labute approximate surface area is 185 Å². The van der Waals surface area contributed by atoms with Crippen LogP contribution >= 0.6 is 0 Å². The first kappa shape index (κ1) is 20.6. The number of benzene rings is 2. The van der Waals surface area contributed by atoms with Gasteiger partial charge in [-0.15, -0.1) is 0 Å². The maximum Gasteiger partial charge on any atom is 0.268 e. The summed E-state index contributed by atoms with van der Waals surface area (Å²) in [6, 6.07) is 15.8. The second kappa shape index (κ2) is 7.38. The van der Waals surface area contributed by atoms with E-state index in [1.54, 1.807) is 12.1 Å². The smallest absolute Gasteiger partial charge is 0.268 e. The highest BCUT2D eigenvalue weighted by Crippen LogP contribution is 2.35. The van der Waals surface area contributed by atoms with Crippen LogP contribution in [0, 0.1) is 0 Å². The number of hydrogen-bond acceptors (Lipinski definition) is 4. The molecule has 1 unspecified atom stereocenters. The minimum atomic E-state index is -3.68. The number of piperazine rings is 1. The van der Waals surface area contributed by atoms with E-state index in [0.29, 0.717) is 10.9 Å². The summed E-state index contributed by atoms with van der Waals surface area (Å²) < 4.78 is 28.7. The molecule has 0 aliphatic carbocycles. The lowest BCUT2D eigenvalue weighted by atomic mass is 9.87. The fourth-order valence-electron chi connectivity index (χ4n) is 5.03. The summed E-state index contributed by atoms with van der Waals surface area (Å²) in [5.41, 5.74) is 2.88. The molecule has 164 valence electrons. The van der Waals surface area contributed by atoms with Gasteiger partial charge in [0.25, 0.3) is 10.0 Å². The van der Waals surface area contributed by atoms with Crippen LogP contribution in [-0.4, -0.2) is 49.5 Å². The topological polar surface area (TPSA) is 45.6 Å². The number of aromatic nitrogens is 1. The summed E-state index contributed by atoms with van der Waals surface area (Å²) in [5.74, 6) is 0. The van der Waals surface area contributed by atoms with Gasteiger partial charge >= 0.3 is 0 Å². The van der Waals surface area contributed by atoms with Crippen LogP contribution in [0.3, 0.4) is 0 Å². The molecule has 2 aliphatic heterocycles. The van der Waals surface area contributed by atoms with Gasteiger partial charge in [-0.25, -0.2) is 12.4 Å². The highest BCUT2D eigenvalue weighted by molar-refractivity contribution is 7.90. The lowest BCUT2D eigenvalue weighted by Crippen LogP contribution is -2.50. The third-order valence-electron chi connectivity index (χ3n) is 6.86. The summed E-state index contributed by atoms with van der Waals surface area (Å²) in [4.78, 5) is 5.28. The molecule has 1 aromatic heterocycles. The summed E-state index contributed by atoms with van der Waals surface area (Å²) in [6.07, 6.45) is 4.33. The highest BCUT2D eigenvalue weighted by atomic mass is 32.2. The van der Waals surface area contributed by atoms with Crippen LogP contribution in [0.2, 0.25) is 0 Å². The number of nitrogens with zero attached hydrogens (tertiary/aromatic N) is 3. The maximum absolute atomic E-state index is 13.6. The fourth-order valence-corrected chi connectivity index (χ4v) is 6.40. The van der Waals surface area contributed by atoms with Gasteiger partial charge in [0.05, 0.1) is 16.1 Å². The molecule has 1 atom stereocenters. The molecule has 0 bridgehead atoms. The van der Waals surface area contributed by atoms with Crippen molar-refractivity contribution in [3.8, 4) is 0 Å². The van der Waals surface area contributed by atoms with Gasteiger partial charge in [-0.05, 0) is 48.6 Å². The Hall–Kier alpha value is -2.31. The third kappa shape index (κ3) is 3.56. The predicted molar refractivity (Wildman–Crippen MR) is 126 cm³/mol. The van der Waals surface area contributed by atoms with Crippen molar-refractivity contribution in [2.45, 2.75) is 50.0 Å². The second-order valence-electron chi connectivity index (χ2n) is 9.88. The number of para-hydroxylation sites is 1. The van der Waals surface area contributed by atoms with E-state index in [2.05, 4.69) is 30.6 Å². The average molecular weight is 438 g/mol. The first-order valence-electron chi connectivity index (χ1n) is 11.2. The van der Waals surface area contributed by atoms with Crippen molar-refractivity contribution in [1.29, 1.82) is 0 Å². The molecule has 0 spiro atoms. The van der Waals surface area contributed by atoms with E-state index in [1.165, 1.54) is 23.4 Å². The van der Waals surface area contributed by atoms with E-state index in [0.717, 1.165) is 41.8 Å². The molecule has 3 aromatic rings. The number of anilines is 1. The van der Waals surface area contributed by atoms with Gasteiger partial charge in [-0.1, -0.05) is 51.1 Å². The zero-order chi connectivity index (χ0) is 21.8. The fraction of sp³-hybridized carbons (Fsp3) is 0.440. The van der Waals surface area contributed by atoms with Crippen molar-refractivity contribution in [1.82, 2.24) is 8.87 Å². The van der Waals surface area contributed by atoms with Crippen LogP contribution in [0.1, 0.15) is 39.2 Å². The molecular weight excluding hydrogens is 406 g/mol. The van der Waals surface area contributed by atoms with Gasteiger partial charge in [-0.2, -0.15) is 0 Å². The van der Waals surface area contributed by atoms with Gasteiger partial charge < -0.3 is 4.90 Å². The van der Waals surface area contributed by atoms with E-state index in [-0.39, 0.29) is 5.41 Å². The number of rotatable bonds is 3. The first-order chi connectivity index (χ1) is 14.7. The van der Waals surface area contributed by atoms with Crippen LogP contribution in [0.25, 0.3) is 10.9 Å². The zero-order valence-electron chi connectivity index (χ0n) is 18.6. The molecule has 0 radical (unpaired) electrons. The van der Waals surface area contributed by atoms with Crippen LogP contribution in [0.4, 0.5) is 5.69 Å². The minimum absolute atomic E-state index is 0.0159. The Bertz CT molecular complexity index is 1210. The van der Waals surface area contributed by atoms with Crippen molar-refractivity contribution in [3.63, 3.8) is 0 Å². The zero-order valence-corrected chi connectivity index (χ0v) is 19.4. The number of hydrogen-bond donors (Lipinski definition) is 0. The molecule has 5 rings (SSSR count). The molecular formula is C25H31N3O2S. The van der Waals surface area contributed by atoms with Gasteiger partial charge in [0.1, 0.15) is 0 Å². The molecule has 3 heterocycles. The average Bonchev–Trinajstić information content (AvgIpc) is 3.37. The second-order valence-corrected chi connectivity index (χ2v) is 11.7. The Balaban J connectivity index is 1.56. The molecule has 5 nitrogen and oxygen atoms in total. The first-order valence-corrected chi connectivity index (χ1v) is 12.6. The Morgan fingerprint density at radius 1 is 0.935 bits per heavy atom. The predicted octanol–water partition coefficient (Wildman–Crippen LogP) is 4.46. The molecule has 2 saturated heterocycles. The molecule has 31 heavy (non-hydrogen) atoms. The van der Waals surface area contributed by atoms with Gasteiger partial charge in [0, 0.05) is 37.3 Å². The van der Waals surface area contributed by atoms with Crippen LogP contribution in [0.15, 0.2) is 59.6 Å². The van der Waals surface area contributed by atoms with Gasteiger partial charge in [0.2, 0.25) is 0 Å². The van der Waals surface area contributed by atoms with Crippen molar-refractivity contribution < 1.29 is 8.42 Å². The Morgan fingerprint density at radius 2 is 1.68 bits per heavy atom. The highest BCUT2D eigenvalue weighted by Gasteiger charge is 2.32. The lowest BCUT2D eigenvalue weighted by Gasteiger charge is -2.38. The van der Waals surface area contributed by atoms with E-state index in [4.69, 9.17) is 0 Å². The van der Waals surface area contributed by atoms with Crippen molar-refractivity contribution in [2.75, 3.05) is 31.1 Å². The van der Waals surface area contributed by atoms with Crippen LogP contribution in [0.5, 0.6) is 0 Å². The summed E-state index contributed by atoms with van der Waals surface area (Å²) >= 11 is 0. The summed E-state index contributed by atoms with van der Waals surface area (Å²) in [7, 11) is -3.68. The maximum atomic E-state index is 13.6. The quantitative estimate of drug-likeness (QED) is 0.607. The van der Waals surface area contributed by atoms with Crippen molar-refractivity contribution >= 4 is 26.6 Å². The van der Waals surface area contributed by atoms with Gasteiger partial charge in [-0.3, -0.25) is 4.90 Å². The van der Waals surface area contributed by atoms with Crippen LogP contribution in [-0.2, 0) is 15.4 Å². The summed E-state index contributed by atoms with van der Waals surface area (Å²) in [6.45, 7) is 10.5. The molecule has 2 aliphatic rings. The number of fused-ring (bicyclic) bond motifs is 2. The monoisotopic (exact) mass is 437 g/mol. The minimum Gasteiger partial charge on any atom is -0.367 e. The summed E-state index contributed by atoms with van der Waals surface area (Å²) in [5, 5.41) is 1.00. The molecule has 6 heteroatoms. The van der Waals surface area contributed by atoms with Gasteiger partial charge in [0.15, 0.2) is 0 Å². The molecule has 0 saturated carbocycles. The molecule has 2 fully saturated rings. The SMILES string of the molecule is CC(C)(C)c1ccc(S(=O)(=O)n2cc(N3CCN4CCCC4C3)c3ccccc32)cc1. The van der Waals surface area contributed by atoms with E-state index in [1.807, 2.05) is 42.6 Å².